The van der Waals surface area contributed by atoms with Crippen molar-refractivity contribution in [2.24, 2.45) is 17.6 Å². The molecule has 0 spiro atoms. The quantitative estimate of drug-likeness (QED) is 0.878. The third-order valence-corrected chi connectivity index (χ3v) is 5.91. The second-order valence-electron chi connectivity index (χ2n) is 7.06. The summed E-state index contributed by atoms with van der Waals surface area (Å²) in [5.41, 5.74) is 8.91. The first-order chi connectivity index (χ1) is 11.7. The van der Waals surface area contributed by atoms with E-state index >= 15 is 0 Å². The van der Waals surface area contributed by atoms with E-state index in [1.807, 2.05) is 18.3 Å². The highest BCUT2D eigenvalue weighted by molar-refractivity contribution is 5.84. The van der Waals surface area contributed by atoms with E-state index in [9.17, 15) is 0 Å². The van der Waals surface area contributed by atoms with Crippen molar-refractivity contribution in [2.75, 3.05) is 20.2 Å². The monoisotopic (exact) mass is 323 g/mol. The van der Waals surface area contributed by atoms with Crippen molar-refractivity contribution in [1.29, 1.82) is 0 Å². The molecule has 2 N–H and O–H groups in total. The van der Waals surface area contributed by atoms with Crippen molar-refractivity contribution in [3.63, 3.8) is 0 Å². The van der Waals surface area contributed by atoms with E-state index in [0.717, 1.165) is 42.1 Å². The highest BCUT2D eigenvalue weighted by Gasteiger charge is 2.41. The van der Waals surface area contributed by atoms with Gasteiger partial charge in [-0.05, 0) is 61.1 Å². The Balaban J connectivity index is 1.69. The molecule has 3 aliphatic rings. The summed E-state index contributed by atoms with van der Waals surface area (Å²) in [6, 6.07) is 8.48. The van der Waals surface area contributed by atoms with Crippen molar-refractivity contribution >= 4 is 10.9 Å². The fourth-order valence-corrected chi connectivity index (χ4v) is 4.52. The number of hydrogen-bond acceptors (Lipinski definition) is 4. The summed E-state index contributed by atoms with van der Waals surface area (Å²) in [6.45, 7) is 6.26. The Bertz CT molecular complexity index is 760. The topological polar surface area (TPSA) is 51.4 Å². The number of nitrogens with two attached hydrogens (primary N) is 1. The summed E-state index contributed by atoms with van der Waals surface area (Å²) in [7, 11) is 1.69. The van der Waals surface area contributed by atoms with Crippen LogP contribution in [0.2, 0.25) is 0 Å². The fourth-order valence-electron chi connectivity index (χ4n) is 4.52. The molecule has 0 saturated carbocycles. The molecule has 0 aliphatic carbocycles. The number of pyridine rings is 1. The Morgan fingerprint density at radius 3 is 3.00 bits per heavy atom. The third kappa shape index (κ3) is 2.50. The summed E-state index contributed by atoms with van der Waals surface area (Å²) in [4.78, 5) is 7.04. The molecule has 2 bridgehead atoms. The summed E-state index contributed by atoms with van der Waals surface area (Å²) in [5, 5.41) is 1.10. The van der Waals surface area contributed by atoms with Gasteiger partial charge in [0.05, 0.1) is 12.6 Å². The van der Waals surface area contributed by atoms with Crippen LogP contribution in [0.3, 0.4) is 0 Å². The summed E-state index contributed by atoms with van der Waals surface area (Å²) in [5.74, 6) is 2.20. The van der Waals surface area contributed by atoms with Crippen molar-refractivity contribution in [2.45, 2.75) is 24.9 Å². The van der Waals surface area contributed by atoms with Gasteiger partial charge < -0.3 is 10.5 Å². The van der Waals surface area contributed by atoms with Gasteiger partial charge in [-0.25, -0.2) is 0 Å². The van der Waals surface area contributed by atoms with Crippen molar-refractivity contribution in [1.82, 2.24) is 9.88 Å². The first kappa shape index (κ1) is 15.6. The SMILES string of the molecule is C=C[C@@H]1CN2CC[C@H]1C[C@@H]2[C@H](N)c1ccnc2ccc(OC)cc12. The molecule has 3 aliphatic heterocycles. The minimum atomic E-state index is -0.00354. The van der Waals surface area contributed by atoms with Crippen LogP contribution in [0.25, 0.3) is 10.9 Å². The number of fused-ring (bicyclic) bond motifs is 4. The van der Waals surface area contributed by atoms with Crippen molar-refractivity contribution in [3.8, 4) is 5.75 Å². The summed E-state index contributed by atoms with van der Waals surface area (Å²) >= 11 is 0. The van der Waals surface area contributed by atoms with Gasteiger partial charge in [-0.15, -0.1) is 6.58 Å². The molecule has 5 atom stereocenters. The maximum Gasteiger partial charge on any atom is 0.119 e. The van der Waals surface area contributed by atoms with Crippen molar-refractivity contribution < 1.29 is 4.74 Å². The molecule has 0 amide bonds. The second kappa shape index (κ2) is 6.19. The van der Waals surface area contributed by atoms with Crippen LogP contribution in [-0.2, 0) is 0 Å². The summed E-state index contributed by atoms with van der Waals surface area (Å²) in [6.07, 6.45) is 6.43. The number of nitrogens with zero attached hydrogens (tertiary/aromatic N) is 2. The zero-order chi connectivity index (χ0) is 16.7. The number of hydrogen-bond donors (Lipinski definition) is 1. The molecule has 3 fully saturated rings. The zero-order valence-electron chi connectivity index (χ0n) is 14.2. The van der Waals surface area contributed by atoms with Crippen LogP contribution < -0.4 is 10.5 Å². The lowest BCUT2D eigenvalue weighted by molar-refractivity contribution is 0.00749. The first-order valence-electron chi connectivity index (χ1n) is 8.76. The fraction of sp³-hybridized carbons (Fsp3) is 0.450. The van der Waals surface area contributed by atoms with E-state index < -0.39 is 0 Å². The molecule has 1 unspecified atom stereocenters. The van der Waals surface area contributed by atoms with Gasteiger partial charge in [-0.1, -0.05) is 6.08 Å². The molecule has 126 valence electrons. The number of piperidine rings is 3. The van der Waals surface area contributed by atoms with Gasteiger partial charge in [0.25, 0.3) is 0 Å². The van der Waals surface area contributed by atoms with Crippen LogP contribution >= 0.6 is 0 Å². The second-order valence-corrected chi connectivity index (χ2v) is 7.06. The number of methoxy groups -OCH3 is 1. The van der Waals surface area contributed by atoms with E-state index in [1.165, 1.54) is 12.0 Å². The highest BCUT2D eigenvalue weighted by atomic mass is 16.5. The first-order valence-corrected chi connectivity index (χ1v) is 8.76. The zero-order valence-corrected chi connectivity index (χ0v) is 14.2. The van der Waals surface area contributed by atoms with Crippen LogP contribution in [-0.4, -0.2) is 36.1 Å². The number of benzene rings is 1. The molecule has 5 rings (SSSR count). The smallest absolute Gasteiger partial charge is 0.119 e. The Kier molecular flexibility index (Phi) is 4.02. The average molecular weight is 323 g/mol. The molecule has 24 heavy (non-hydrogen) atoms. The standard InChI is InChI=1S/C20H25N3O/c1-3-13-12-23-9-7-14(13)10-19(23)20(21)16-6-8-22-18-5-4-15(24-2)11-17(16)18/h3-6,8,11,13-14,19-20H,1,7,9-10,12,21H2,2H3/t13-,14+,19-,20-/m1/s1. The molecule has 3 saturated heterocycles. The van der Waals surface area contributed by atoms with Gasteiger partial charge in [0.15, 0.2) is 0 Å². The van der Waals surface area contributed by atoms with Gasteiger partial charge in [0.2, 0.25) is 0 Å². The maximum atomic E-state index is 6.76. The van der Waals surface area contributed by atoms with Crippen LogP contribution in [0.5, 0.6) is 5.75 Å². The Hall–Kier alpha value is -1.91. The van der Waals surface area contributed by atoms with E-state index in [0.29, 0.717) is 12.0 Å². The van der Waals surface area contributed by atoms with Crippen LogP contribution in [0.1, 0.15) is 24.4 Å². The van der Waals surface area contributed by atoms with Crippen LogP contribution in [0.4, 0.5) is 0 Å². The largest absolute Gasteiger partial charge is 0.497 e. The van der Waals surface area contributed by atoms with Gasteiger partial charge in [-0.3, -0.25) is 9.88 Å². The van der Waals surface area contributed by atoms with Gasteiger partial charge >= 0.3 is 0 Å². The minimum Gasteiger partial charge on any atom is -0.497 e. The predicted octanol–water partition coefficient (Wildman–Crippen LogP) is 3.14. The number of aromatic nitrogens is 1. The predicted molar refractivity (Wildman–Crippen MR) is 97.0 cm³/mol. The van der Waals surface area contributed by atoms with Gasteiger partial charge in [0.1, 0.15) is 5.75 Å². The van der Waals surface area contributed by atoms with E-state index in [2.05, 4.69) is 34.7 Å². The van der Waals surface area contributed by atoms with E-state index in [1.54, 1.807) is 7.11 Å². The molecular weight excluding hydrogens is 298 g/mol. The Morgan fingerprint density at radius 1 is 1.42 bits per heavy atom. The third-order valence-electron chi connectivity index (χ3n) is 5.91. The lowest BCUT2D eigenvalue weighted by atomic mass is 9.73. The Labute approximate surface area is 143 Å². The molecule has 1 aromatic heterocycles. The molecular formula is C20H25N3O. The number of ether oxygens (including phenoxy) is 1. The Morgan fingerprint density at radius 2 is 2.29 bits per heavy atom. The van der Waals surface area contributed by atoms with E-state index in [-0.39, 0.29) is 6.04 Å². The molecule has 4 heterocycles. The highest BCUT2D eigenvalue weighted by Crippen LogP contribution is 2.41. The lowest BCUT2D eigenvalue weighted by Gasteiger charge is -2.51. The van der Waals surface area contributed by atoms with Gasteiger partial charge in [0, 0.05) is 30.2 Å². The normalized spacial score (nSPS) is 30.2. The number of rotatable bonds is 4. The van der Waals surface area contributed by atoms with E-state index in [4.69, 9.17) is 10.5 Å². The van der Waals surface area contributed by atoms with Crippen molar-refractivity contribution in [3.05, 3.63) is 48.7 Å². The minimum absolute atomic E-state index is 0.00354. The average Bonchev–Trinajstić information content (AvgIpc) is 2.66. The maximum absolute atomic E-state index is 6.76. The molecule has 2 aromatic rings. The lowest BCUT2D eigenvalue weighted by Crippen LogP contribution is -2.56. The summed E-state index contributed by atoms with van der Waals surface area (Å²) < 4.78 is 5.39. The molecule has 4 heteroatoms. The van der Waals surface area contributed by atoms with Crippen LogP contribution in [0, 0.1) is 11.8 Å². The molecule has 1 aromatic carbocycles. The van der Waals surface area contributed by atoms with Crippen LogP contribution in [0.15, 0.2) is 43.1 Å². The molecule has 4 nitrogen and oxygen atoms in total. The molecule has 0 radical (unpaired) electrons. The van der Waals surface area contributed by atoms with Gasteiger partial charge in [-0.2, -0.15) is 0 Å².